The zero-order chi connectivity index (χ0) is 18.7. The number of rotatable bonds is 5. The minimum Gasteiger partial charge on any atom is -0.494 e. The summed E-state index contributed by atoms with van der Waals surface area (Å²) < 4.78 is 45.9. The lowest BCUT2D eigenvalue weighted by molar-refractivity contribution is -0.119. The van der Waals surface area contributed by atoms with E-state index in [1.807, 2.05) is 0 Å². The summed E-state index contributed by atoms with van der Waals surface area (Å²) in [7, 11) is -2.48. The Labute approximate surface area is 151 Å². The molecule has 1 fully saturated rings. The molecule has 1 N–H and O–H groups in total. The summed E-state index contributed by atoms with van der Waals surface area (Å²) in [5.74, 6) is -0.230. The molecular formula is C18H19FN2O4S. The number of ether oxygens (including phenoxy) is 1. The van der Waals surface area contributed by atoms with Gasteiger partial charge in [-0.05, 0) is 43.2 Å². The van der Waals surface area contributed by atoms with E-state index in [0.717, 1.165) is 18.9 Å². The van der Waals surface area contributed by atoms with Gasteiger partial charge in [0.2, 0.25) is 5.91 Å². The first-order valence-electron chi connectivity index (χ1n) is 8.17. The fraction of sp³-hybridized carbons (Fsp3) is 0.278. The van der Waals surface area contributed by atoms with Gasteiger partial charge in [0, 0.05) is 19.0 Å². The van der Waals surface area contributed by atoms with Crippen molar-refractivity contribution >= 4 is 27.3 Å². The number of hydrogen-bond donors (Lipinski definition) is 1. The smallest absolute Gasteiger partial charge is 0.261 e. The summed E-state index contributed by atoms with van der Waals surface area (Å²) in [5.41, 5.74) is 0.866. The second-order valence-corrected chi connectivity index (χ2v) is 7.63. The highest BCUT2D eigenvalue weighted by Crippen LogP contribution is 2.34. The fourth-order valence-corrected chi connectivity index (χ4v) is 3.95. The van der Waals surface area contributed by atoms with Crippen molar-refractivity contribution in [3.05, 3.63) is 48.3 Å². The van der Waals surface area contributed by atoms with Crippen molar-refractivity contribution in [1.29, 1.82) is 0 Å². The number of benzene rings is 2. The fourth-order valence-electron chi connectivity index (χ4n) is 2.87. The van der Waals surface area contributed by atoms with E-state index < -0.39 is 15.8 Å². The highest BCUT2D eigenvalue weighted by Gasteiger charge is 2.23. The third kappa shape index (κ3) is 3.80. The molecule has 3 rings (SSSR count). The molecular weight excluding hydrogens is 359 g/mol. The summed E-state index contributed by atoms with van der Waals surface area (Å²) in [4.78, 5) is 13.6. The Morgan fingerprint density at radius 1 is 1.15 bits per heavy atom. The lowest BCUT2D eigenvalue weighted by atomic mass is 10.1. The molecule has 0 saturated carbocycles. The molecule has 0 aromatic heterocycles. The number of hydrogen-bond acceptors (Lipinski definition) is 4. The number of methoxy groups -OCH3 is 1. The predicted octanol–water partition coefficient (Wildman–Crippen LogP) is 3.15. The van der Waals surface area contributed by atoms with Crippen LogP contribution < -0.4 is 14.4 Å². The van der Waals surface area contributed by atoms with Gasteiger partial charge in [-0.15, -0.1) is 0 Å². The number of carbonyl (C=O) groups excluding carboxylic acids is 1. The van der Waals surface area contributed by atoms with Crippen molar-refractivity contribution in [2.45, 2.75) is 24.2 Å². The SMILES string of the molecule is COc1cc(NS(=O)(=O)c2cccc(F)c2)ccc1N1CCCCC1=O. The molecule has 1 aliphatic rings. The zero-order valence-electron chi connectivity index (χ0n) is 14.2. The molecule has 1 aliphatic heterocycles. The lowest BCUT2D eigenvalue weighted by Gasteiger charge is -2.28. The van der Waals surface area contributed by atoms with Crippen LogP contribution in [-0.4, -0.2) is 28.0 Å². The first-order valence-corrected chi connectivity index (χ1v) is 9.66. The molecule has 26 heavy (non-hydrogen) atoms. The lowest BCUT2D eigenvalue weighted by Crippen LogP contribution is -2.35. The average molecular weight is 378 g/mol. The summed E-state index contributed by atoms with van der Waals surface area (Å²) >= 11 is 0. The van der Waals surface area contributed by atoms with Crippen LogP contribution in [0.4, 0.5) is 15.8 Å². The van der Waals surface area contributed by atoms with E-state index in [1.165, 1.54) is 31.4 Å². The average Bonchev–Trinajstić information content (AvgIpc) is 2.62. The summed E-state index contributed by atoms with van der Waals surface area (Å²) in [6, 6.07) is 9.46. The Morgan fingerprint density at radius 3 is 2.65 bits per heavy atom. The van der Waals surface area contributed by atoms with Crippen molar-refractivity contribution in [3.8, 4) is 5.75 Å². The van der Waals surface area contributed by atoms with Gasteiger partial charge in [0.25, 0.3) is 10.0 Å². The van der Waals surface area contributed by atoms with Crippen molar-refractivity contribution in [1.82, 2.24) is 0 Å². The Morgan fingerprint density at radius 2 is 1.96 bits per heavy atom. The van der Waals surface area contributed by atoms with Crippen LogP contribution in [-0.2, 0) is 14.8 Å². The van der Waals surface area contributed by atoms with Gasteiger partial charge in [0.15, 0.2) is 0 Å². The summed E-state index contributed by atoms with van der Waals surface area (Å²) in [6.45, 7) is 0.601. The minimum atomic E-state index is -3.94. The van der Waals surface area contributed by atoms with Crippen LogP contribution in [0.1, 0.15) is 19.3 Å². The molecule has 2 aromatic carbocycles. The molecule has 8 heteroatoms. The first kappa shape index (κ1) is 18.2. The molecule has 2 aromatic rings. The largest absolute Gasteiger partial charge is 0.494 e. The third-order valence-corrected chi connectivity index (χ3v) is 5.53. The van der Waals surface area contributed by atoms with Crippen molar-refractivity contribution in [3.63, 3.8) is 0 Å². The molecule has 0 spiro atoms. The van der Waals surface area contributed by atoms with E-state index in [-0.39, 0.29) is 16.5 Å². The summed E-state index contributed by atoms with van der Waals surface area (Å²) in [5, 5.41) is 0. The van der Waals surface area contributed by atoms with Crippen LogP contribution in [0.3, 0.4) is 0 Å². The van der Waals surface area contributed by atoms with Gasteiger partial charge >= 0.3 is 0 Å². The standard InChI is InChI=1S/C18H19FN2O4S/c1-25-17-12-14(8-9-16(17)21-10-3-2-7-18(21)22)20-26(23,24)15-6-4-5-13(19)11-15/h4-6,8-9,11-12,20H,2-3,7,10H2,1H3. The van der Waals surface area contributed by atoms with E-state index in [9.17, 15) is 17.6 Å². The Kier molecular flexibility index (Phi) is 5.13. The maximum atomic E-state index is 13.3. The number of nitrogens with one attached hydrogen (secondary N) is 1. The van der Waals surface area contributed by atoms with Gasteiger partial charge in [-0.25, -0.2) is 12.8 Å². The Balaban J connectivity index is 1.89. The van der Waals surface area contributed by atoms with E-state index in [2.05, 4.69) is 4.72 Å². The maximum absolute atomic E-state index is 13.3. The van der Waals surface area contributed by atoms with Gasteiger partial charge in [0.1, 0.15) is 11.6 Å². The van der Waals surface area contributed by atoms with Gasteiger partial charge in [-0.2, -0.15) is 0 Å². The van der Waals surface area contributed by atoms with Gasteiger partial charge < -0.3 is 9.64 Å². The molecule has 0 aliphatic carbocycles. The van der Waals surface area contributed by atoms with E-state index >= 15 is 0 Å². The molecule has 0 atom stereocenters. The normalized spacial score (nSPS) is 15.0. The molecule has 138 valence electrons. The second kappa shape index (κ2) is 7.33. The third-order valence-electron chi connectivity index (χ3n) is 4.15. The Hall–Kier alpha value is -2.61. The molecule has 1 heterocycles. The van der Waals surface area contributed by atoms with Crippen molar-refractivity contribution in [2.75, 3.05) is 23.3 Å². The molecule has 1 saturated heterocycles. The highest BCUT2D eigenvalue weighted by molar-refractivity contribution is 7.92. The number of amides is 1. The number of nitrogens with zero attached hydrogens (tertiary/aromatic N) is 1. The number of carbonyl (C=O) groups is 1. The first-order chi connectivity index (χ1) is 12.4. The predicted molar refractivity (Wildman–Crippen MR) is 96.4 cm³/mol. The number of halogens is 1. The van der Waals surface area contributed by atoms with Crippen molar-refractivity contribution < 1.29 is 22.3 Å². The number of anilines is 2. The van der Waals surface area contributed by atoms with E-state index in [1.54, 1.807) is 17.0 Å². The number of sulfonamides is 1. The molecule has 0 radical (unpaired) electrons. The van der Waals surface area contributed by atoms with Crippen LogP contribution >= 0.6 is 0 Å². The van der Waals surface area contributed by atoms with E-state index in [4.69, 9.17) is 4.74 Å². The molecule has 0 bridgehead atoms. The van der Waals surface area contributed by atoms with Gasteiger partial charge in [0.05, 0.1) is 23.4 Å². The van der Waals surface area contributed by atoms with Crippen LogP contribution in [0.2, 0.25) is 0 Å². The summed E-state index contributed by atoms with van der Waals surface area (Å²) in [6.07, 6.45) is 2.25. The zero-order valence-corrected chi connectivity index (χ0v) is 15.1. The van der Waals surface area contributed by atoms with Gasteiger partial charge in [-0.3, -0.25) is 9.52 Å². The maximum Gasteiger partial charge on any atom is 0.261 e. The topological polar surface area (TPSA) is 75.7 Å². The molecule has 6 nitrogen and oxygen atoms in total. The monoisotopic (exact) mass is 378 g/mol. The number of piperidine rings is 1. The van der Waals surface area contributed by atoms with Crippen LogP contribution in [0.15, 0.2) is 47.4 Å². The quantitative estimate of drug-likeness (QED) is 0.867. The molecule has 0 unspecified atom stereocenters. The second-order valence-electron chi connectivity index (χ2n) is 5.95. The van der Waals surface area contributed by atoms with E-state index in [0.29, 0.717) is 24.4 Å². The van der Waals surface area contributed by atoms with Crippen LogP contribution in [0, 0.1) is 5.82 Å². The molecule has 1 amide bonds. The van der Waals surface area contributed by atoms with Crippen molar-refractivity contribution in [2.24, 2.45) is 0 Å². The minimum absolute atomic E-state index is 0.0163. The van der Waals surface area contributed by atoms with Crippen LogP contribution in [0.25, 0.3) is 0 Å². The van der Waals surface area contributed by atoms with Gasteiger partial charge in [-0.1, -0.05) is 6.07 Å². The van der Waals surface area contributed by atoms with Crippen LogP contribution in [0.5, 0.6) is 5.75 Å². The highest BCUT2D eigenvalue weighted by atomic mass is 32.2. The Bertz CT molecular complexity index is 931.